The maximum atomic E-state index is 12.3. The number of hydrogen-bond donors (Lipinski definition) is 3. The van der Waals surface area contributed by atoms with Gasteiger partial charge in [-0.3, -0.25) is 4.79 Å². The second kappa shape index (κ2) is 12.1. The second-order valence-electron chi connectivity index (χ2n) is 5.58. The van der Waals surface area contributed by atoms with Crippen molar-refractivity contribution in [2.24, 2.45) is 0 Å². The van der Waals surface area contributed by atoms with Crippen molar-refractivity contribution in [3.05, 3.63) is 35.5 Å². The molecule has 1 unspecified atom stereocenters. The zero-order chi connectivity index (χ0) is 20.9. The zero-order valence-corrected chi connectivity index (χ0v) is 16.5. The molecule has 1 rings (SSSR count). The van der Waals surface area contributed by atoms with Gasteiger partial charge in [-0.2, -0.15) is 5.26 Å². The molecule has 0 fully saturated rings. The van der Waals surface area contributed by atoms with E-state index in [2.05, 4.69) is 16.0 Å². The quantitative estimate of drug-likeness (QED) is 0.315. The van der Waals surface area contributed by atoms with Crippen LogP contribution in [0.2, 0.25) is 0 Å². The van der Waals surface area contributed by atoms with Crippen LogP contribution in [0.3, 0.4) is 0 Å². The van der Waals surface area contributed by atoms with Crippen molar-refractivity contribution in [3.63, 3.8) is 0 Å². The molecule has 0 saturated heterocycles. The lowest BCUT2D eigenvalue weighted by atomic mass is 10.1. The first-order chi connectivity index (χ1) is 13.5. The maximum absolute atomic E-state index is 12.3. The summed E-state index contributed by atoms with van der Waals surface area (Å²) in [4.78, 5) is 23.4. The van der Waals surface area contributed by atoms with Crippen molar-refractivity contribution in [2.45, 2.75) is 19.9 Å². The Hall–Kier alpha value is -3.41. The predicted molar refractivity (Wildman–Crippen MR) is 103 cm³/mol. The molecule has 1 aromatic rings. The van der Waals surface area contributed by atoms with E-state index in [-0.39, 0.29) is 24.8 Å². The standard InChI is InChI=1S/C19H26N4O5/c1-5-28-19(25)22-9-8-21-12-15(11-20)18(24)23-13(2)14-6-7-16(26-3)17(10-14)27-4/h6-7,10,12-13,21H,5,8-9H2,1-4H3,(H,22,25)(H,23,24)/b15-12-. The summed E-state index contributed by atoms with van der Waals surface area (Å²) in [5, 5.41) is 17.3. The SMILES string of the molecule is CCOC(=O)NCCN/C=C(/C#N)C(=O)NC(C)c1ccc(OC)c(OC)c1. The van der Waals surface area contributed by atoms with Crippen LogP contribution in [0.5, 0.6) is 11.5 Å². The summed E-state index contributed by atoms with van der Waals surface area (Å²) in [7, 11) is 3.08. The zero-order valence-electron chi connectivity index (χ0n) is 16.5. The number of rotatable bonds is 10. The van der Waals surface area contributed by atoms with Crippen LogP contribution in [0.4, 0.5) is 4.79 Å². The van der Waals surface area contributed by atoms with Gasteiger partial charge in [-0.1, -0.05) is 6.07 Å². The molecule has 152 valence electrons. The largest absolute Gasteiger partial charge is 0.493 e. The lowest BCUT2D eigenvalue weighted by Crippen LogP contribution is -2.32. The van der Waals surface area contributed by atoms with Gasteiger partial charge in [0, 0.05) is 19.3 Å². The van der Waals surface area contributed by atoms with Gasteiger partial charge in [0.15, 0.2) is 11.5 Å². The fourth-order valence-corrected chi connectivity index (χ4v) is 2.22. The lowest BCUT2D eigenvalue weighted by molar-refractivity contribution is -0.117. The highest BCUT2D eigenvalue weighted by Crippen LogP contribution is 2.29. The molecule has 0 aliphatic carbocycles. The molecule has 3 N–H and O–H groups in total. The molecule has 0 aromatic heterocycles. The Morgan fingerprint density at radius 2 is 1.93 bits per heavy atom. The molecule has 0 aliphatic rings. The molecule has 0 heterocycles. The van der Waals surface area contributed by atoms with Crippen LogP contribution in [0, 0.1) is 11.3 Å². The number of nitrogens with one attached hydrogen (secondary N) is 3. The van der Waals surface area contributed by atoms with Crippen molar-refractivity contribution in [3.8, 4) is 17.6 Å². The Morgan fingerprint density at radius 1 is 1.21 bits per heavy atom. The van der Waals surface area contributed by atoms with E-state index < -0.39 is 12.0 Å². The molecule has 0 aliphatic heterocycles. The third kappa shape index (κ3) is 7.07. The van der Waals surface area contributed by atoms with Crippen LogP contribution in [-0.2, 0) is 9.53 Å². The molecule has 0 spiro atoms. The van der Waals surface area contributed by atoms with Crippen LogP contribution in [-0.4, -0.2) is 45.9 Å². The first-order valence-corrected chi connectivity index (χ1v) is 8.73. The fourth-order valence-electron chi connectivity index (χ4n) is 2.22. The van der Waals surface area contributed by atoms with Crippen molar-refractivity contribution < 1.29 is 23.8 Å². The van der Waals surface area contributed by atoms with Gasteiger partial charge < -0.3 is 30.2 Å². The number of nitriles is 1. The van der Waals surface area contributed by atoms with Gasteiger partial charge in [0.25, 0.3) is 5.91 Å². The Labute approximate surface area is 164 Å². The minimum absolute atomic E-state index is 0.0801. The van der Waals surface area contributed by atoms with E-state index in [1.807, 2.05) is 6.07 Å². The predicted octanol–water partition coefficient (Wildman–Crippen LogP) is 1.62. The summed E-state index contributed by atoms with van der Waals surface area (Å²) in [5.41, 5.74) is 0.721. The molecule has 0 bridgehead atoms. The van der Waals surface area contributed by atoms with Crippen molar-refractivity contribution in [1.29, 1.82) is 5.26 Å². The smallest absolute Gasteiger partial charge is 0.407 e. The molecule has 2 amide bonds. The number of methoxy groups -OCH3 is 2. The van der Waals surface area contributed by atoms with Crippen molar-refractivity contribution in [2.75, 3.05) is 33.9 Å². The highest BCUT2D eigenvalue weighted by Gasteiger charge is 2.15. The number of benzene rings is 1. The normalized spacial score (nSPS) is 11.6. The molecular weight excluding hydrogens is 364 g/mol. The number of ether oxygens (including phenoxy) is 3. The third-order valence-electron chi connectivity index (χ3n) is 3.68. The molecule has 28 heavy (non-hydrogen) atoms. The first-order valence-electron chi connectivity index (χ1n) is 8.73. The maximum Gasteiger partial charge on any atom is 0.407 e. The van der Waals surface area contributed by atoms with Gasteiger partial charge >= 0.3 is 6.09 Å². The Balaban J connectivity index is 2.61. The average molecular weight is 390 g/mol. The Morgan fingerprint density at radius 3 is 2.54 bits per heavy atom. The number of hydrogen-bond acceptors (Lipinski definition) is 7. The van der Waals surface area contributed by atoms with Gasteiger partial charge in [0.2, 0.25) is 0 Å². The molecule has 9 nitrogen and oxygen atoms in total. The summed E-state index contributed by atoms with van der Waals surface area (Å²) in [5.74, 6) is 0.617. The van der Waals surface area contributed by atoms with Crippen molar-refractivity contribution in [1.82, 2.24) is 16.0 Å². The molecule has 1 atom stereocenters. The molecule has 9 heteroatoms. The second-order valence-corrected chi connectivity index (χ2v) is 5.58. The molecule has 1 aromatic carbocycles. The topological polar surface area (TPSA) is 122 Å². The number of carbonyl (C=O) groups excluding carboxylic acids is 2. The summed E-state index contributed by atoms with van der Waals surface area (Å²) in [6, 6.07) is 6.81. The van der Waals surface area contributed by atoms with E-state index >= 15 is 0 Å². The Bertz CT molecular complexity index is 742. The summed E-state index contributed by atoms with van der Waals surface area (Å²) >= 11 is 0. The van der Waals surface area contributed by atoms with Crippen LogP contribution in [0.25, 0.3) is 0 Å². The van der Waals surface area contributed by atoms with E-state index in [4.69, 9.17) is 14.2 Å². The van der Waals surface area contributed by atoms with Crippen LogP contribution < -0.4 is 25.4 Å². The van der Waals surface area contributed by atoms with Crippen LogP contribution in [0.1, 0.15) is 25.5 Å². The number of carbonyl (C=O) groups is 2. The Kier molecular flexibility index (Phi) is 9.75. The van der Waals surface area contributed by atoms with Crippen LogP contribution >= 0.6 is 0 Å². The highest BCUT2D eigenvalue weighted by molar-refractivity contribution is 5.97. The molecule has 0 saturated carbocycles. The average Bonchev–Trinajstić information content (AvgIpc) is 2.70. The fraction of sp³-hybridized carbons (Fsp3) is 0.421. The molecular formula is C19H26N4O5. The number of nitrogens with zero attached hydrogens (tertiary/aromatic N) is 1. The van der Waals surface area contributed by atoms with Gasteiger partial charge in [-0.25, -0.2) is 4.79 Å². The van der Waals surface area contributed by atoms with E-state index in [9.17, 15) is 14.9 Å². The van der Waals surface area contributed by atoms with Crippen molar-refractivity contribution >= 4 is 12.0 Å². The minimum atomic E-state index is -0.518. The summed E-state index contributed by atoms with van der Waals surface area (Å²) in [6.45, 7) is 4.42. The number of alkyl carbamates (subject to hydrolysis) is 1. The molecule has 0 radical (unpaired) electrons. The van der Waals surface area contributed by atoms with E-state index in [1.165, 1.54) is 13.3 Å². The van der Waals surface area contributed by atoms with Gasteiger partial charge in [-0.05, 0) is 31.5 Å². The highest BCUT2D eigenvalue weighted by atomic mass is 16.5. The lowest BCUT2D eigenvalue weighted by Gasteiger charge is -2.16. The monoisotopic (exact) mass is 390 g/mol. The van der Waals surface area contributed by atoms with Crippen LogP contribution in [0.15, 0.2) is 30.0 Å². The first kappa shape index (κ1) is 22.6. The van der Waals surface area contributed by atoms with E-state index in [0.29, 0.717) is 18.0 Å². The van der Waals surface area contributed by atoms with Gasteiger partial charge in [0.05, 0.1) is 26.9 Å². The van der Waals surface area contributed by atoms with E-state index in [1.54, 1.807) is 39.2 Å². The summed E-state index contributed by atoms with van der Waals surface area (Å²) in [6.07, 6.45) is 0.791. The van der Waals surface area contributed by atoms with E-state index in [0.717, 1.165) is 5.56 Å². The number of amides is 2. The summed E-state index contributed by atoms with van der Waals surface area (Å²) < 4.78 is 15.2. The van der Waals surface area contributed by atoms with Gasteiger partial charge in [-0.15, -0.1) is 0 Å². The third-order valence-corrected chi connectivity index (χ3v) is 3.68. The van der Waals surface area contributed by atoms with Gasteiger partial charge in [0.1, 0.15) is 11.6 Å². The minimum Gasteiger partial charge on any atom is -0.493 e.